The van der Waals surface area contributed by atoms with Gasteiger partial charge in [-0.05, 0) is 42.5 Å². The highest BCUT2D eigenvalue weighted by Gasteiger charge is 2.20. The van der Waals surface area contributed by atoms with Crippen LogP contribution in [-0.2, 0) is 10.0 Å². The molecule has 0 atom stereocenters. The number of hydrogen-bond acceptors (Lipinski definition) is 9. The van der Waals surface area contributed by atoms with E-state index in [9.17, 15) is 18.3 Å². The summed E-state index contributed by atoms with van der Waals surface area (Å²) < 4.78 is 34.5. The molecule has 4 N–H and O–H groups in total. The second-order valence-corrected chi connectivity index (χ2v) is 9.96. The number of ether oxygens (including phenoxy) is 1. The van der Waals surface area contributed by atoms with Crippen molar-refractivity contribution in [1.82, 2.24) is 15.0 Å². The van der Waals surface area contributed by atoms with Gasteiger partial charge in [-0.15, -0.1) is 0 Å². The van der Waals surface area contributed by atoms with Crippen LogP contribution in [0.15, 0.2) is 96.2 Å². The van der Waals surface area contributed by atoms with Gasteiger partial charge in [-0.2, -0.15) is 0 Å². The highest BCUT2D eigenvalue weighted by atomic mass is 32.2. The van der Waals surface area contributed by atoms with Crippen LogP contribution in [0.4, 0.5) is 23.0 Å². The van der Waals surface area contributed by atoms with Gasteiger partial charge >= 0.3 is 0 Å². The zero-order chi connectivity index (χ0) is 27.4. The third-order valence-electron chi connectivity index (χ3n) is 5.54. The van der Waals surface area contributed by atoms with E-state index < -0.39 is 15.9 Å². The van der Waals surface area contributed by atoms with Gasteiger partial charge in [0, 0.05) is 47.5 Å². The van der Waals surface area contributed by atoms with Crippen molar-refractivity contribution in [3.05, 3.63) is 96.8 Å². The molecule has 11 nitrogen and oxygen atoms in total. The molecule has 3 aromatic carbocycles. The number of nitrogens with zero attached hydrogens (tertiary/aromatic N) is 3. The van der Waals surface area contributed by atoms with Crippen molar-refractivity contribution in [2.24, 2.45) is 0 Å². The van der Waals surface area contributed by atoms with Crippen molar-refractivity contribution in [2.75, 3.05) is 22.5 Å². The summed E-state index contributed by atoms with van der Waals surface area (Å²) in [7, 11) is -2.71. The van der Waals surface area contributed by atoms with Crippen LogP contribution in [0, 0.1) is 0 Å². The monoisotopic (exact) mass is 542 g/mol. The maximum Gasteiger partial charge on any atom is 0.263 e. The number of rotatable bonds is 8. The number of phenols is 1. The lowest BCUT2D eigenvalue weighted by Crippen LogP contribution is -2.17. The molecule has 12 heteroatoms. The number of sulfonamides is 1. The highest BCUT2D eigenvalue weighted by Crippen LogP contribution is 2.31. The summed E-state index contributed by atoms with van der Waals surface area (Å²) in [6, 6.07) is 20.4. The predicted octanol–water partition coefficient (Wildman–Crippen LogP) is 4.54. The average Bonchev–Trinajstić information content (AvgIpc) is 2.93. The first kappa shape index (κ1) is 25.4. The van der Waals surface area contributed by atoms with Crippen LogP contribution in [0.25, 0.3) is 11.0 Å². The van der Waals surface area contributed by atoms with E-state index in [-0.39, 0.29) is 28.0 Å². The molecule has 2 aromatic heterocycles. The Hall–Kier alpha value is -5.23. The van der Waals surface area contributed by atoms with E-state index in [1.807, 2.05) is 0 Å². The summed E-state index contributed by atoms with van der Waals surface area (Å²) in [5, 5.41) is 15.7. The Morgan fingerprint density at radius 1 is 0.846 bits per heavy atom. The lowest BCUT2D eigenvalue weighted by atomic mass is 10.2. The first-order valence-electron chi connectivity index (χ1n) is 11.6. The molecule has 0 unspecified atom stereocenters. The van der Waals surface area contributed by atoms with Crippen LogP contribution in [0.2, 0.25) is 0 Å². The molecule has 5 rings (SSSR count). The Bertz CT molecular complexity index is 1780. The molecule has 0 aliphatic heterocycles. The van der Waals surface area contributed by atoms with Gasteiger partial charge < -0.3 is 20.5 Å². The van der Waals surface area contributed by atoms with Crippen molar-refractivity contribution in [1.29, 1.82) is 0 Å². The molecule has 0 spiro atoms. The minimum absolute atomic E-state index is 0.0571. The summed E-state index contributed by atoms with van der Waals surface area (Å²) in [6.45, 7) is 0. The summed E-state index contributed by atoms with van der Waals surface area (Å²) in [5.41, 5.74) is 2.05. The lowest BCUT2D eigenvalue weighted by Gasteiger charge is -2.15. The molecule has 39 heavy (non-hydrogen) atoms. The summed E-state index contributed by atoms with van der Waals surface area (Å²) in [6.07, 6.45) is 2.98. The number of carbonyl (C=O) groups is 1. The molecule has 0 fully saturated rings. The van der Waals surface area contributed by atoms with Crippen molar-refractivity contribution in [3.8, 4) is 11.5 Å². The SMILES string of the molecule is COc1cc(O)cc(Nc2nc3ccccc3nc2NS(=O)(=O)c2cccc(NC(=O)c3ccncc3)c2)c1. The van der Waals surface area contributed by atoms with Gasteiger partial charge in [0.25, 0.3) is 15.9 Å². The fourth-order valence-electron chi connectivity index (χ4n) is 3.70. The molecule has 0 saturated heterocycles. The molecule has 0 bridgehead atoms. The minimum Gasteiger partial charge on any atom is -0.508 e. The average molecular weight is 543 g/mol. The topological polar surface area (TPSA) is 155 Å². The number of aromatic nitrogens is 3. The number of carbonyl (C=O) groups excluding carboxylic acids is 1. The molecule has 1 amide bonds. The highest BCUT2D eigenvalue weighted by molar-refractivity contribution is 7.92. The van der Waals surface area contributed by atoms with Gasteiger partial charge in [-0.1, -0.05) is 18.2 Å². The Balaban J connectivity index is 1.47. The van der Waals surface area contributed by atoms with Gasteiger partial charge in [0.1, 0.15) is 11.5 Å². The quantitative estimate of drug-likeness (QED) is 0.221. The Kier molecular flexibility index (Phi) is 6.93. The molecule has 5 aromatic rings. The van der Waals surface area contributed by atoms with E-state index in [1.165, 1.54) is 49.8 Å². The van der Waals surface area contributed by atoms with Crippen LogP contribution in [0.1, 0.15) is 10.4 Å². The molecule has 0 aliphatic carbocycles. The summed E-state index contributed by atoms with van der Waals surface area (Å²) >= 11 is 0. The normalized spacial score (nSPS) is 11.1. The van der Waals surface area contributed by atoms with Crippen LogP contribution in [0.5, 0.6) is 11.5 Å². The standard InChI is InChI=1S/C27H22N6O5S/c1-38-21-14-19(13-20(34)16-21)29-25-26(32-24-8-3-2-7-23(24)31-25)33-39(36,37)22-6-4-5-18(15-22)30-27(35)17-9-11-28-12-10-17/h2-16,34H,1H3,(H,29,31)(H,30,35)(H,32,33). The van der Waals surface area contributed by atoms with Crippen LogP contribution >= 0.6 is 0 Å². The van der Waals surface area contributed by atoms with Crippen LogP contribution in [0.3, 0.4) is 0 Å². The predicted molar refractivity (Wildman–Crippen MR) is 147 cm³/mol. The fraction of sp³-hybridized carbons (Fsp3) is 0.0370. The molecule has 196 valence electrons. The number of amides is 1. The van der Waals surface area contributed by atoms with E-state index in [4.69, 9.17) is 4.74 Å². The Morgan fingerprint density at radius 3 is 2.28 bits per heavy atom. The zero-order valence-electron chi connectivity index (χ0n) is 20.5. The first-order valence-corrected chi connectivity index (χ1v) is 13.1. The van der Waals surface area contributed by atoms with Crippen molar-refractivity contribution in [3.63, 3.8) is 0 Å². The first-order chi connectivity index (χ1) is 18.8. The number of methoxy groups -OCH3 is 1. The third-order valence-corrected chi connectivity index (χ3v) is 6.87. The maximum absolute atomic E-state index is 13.4. The second kappa shape index (κ2) is 10.6. The van der Waals surface area contributed by atoms with E-state index in [0.717, 1.165) is 0 Å². The number of nitrogens with one attached hydrogen (secondary N) is 3. The van der Waals surface area contributed by atoms with Gasteiger partial charge in [-0.25, -0.2) is 18.4 Å². The molecular formula is C27H22N6O5S. The summed E-state index contributed by atoms with van der Waals surface area (Å²) in [4.78, 5) is 25.3. The molecule has 0 saturated carbocycles. The lowest BCUT2D eigenvalue weighted by molar-refractivity contribution is 0.102. The van der Waals surface area contributed by atoms with Crippen LogP contribution in [-0.4, -0.2) is 41.5 Å². The molecule has 2 heterocycles. The largest absolute Gasteiger partial charge is 0.508 e. The molecule has 0 radical (unpaired) electrons. The van der Waals surface area contributed by atoms with Crippen molar-refractivity contribution >= 4 is 50.0 Å². The number of anilines is 4. The number of fused-ring (bicyclic) bond motifs is 1. The van der Waals surface area contributed by atoms with Crippen molar-refractivity contribution in [2.45, 2.75) is 4.90 Å². The summed E-state index contributed by atoms with van der Waals surface area (Å²) in [5.74, 6) is -0.0417. The third kappa shape index (κ3) is 5.86. The second-order valence-electron chi connectivity index (χ2n) is 8.28. The van der Waals surface area contributed by atoms with Crippen molar-refractivity contribution < 1.29 is 23.1 Å². The molecule has 0 aliphatic rings. The van der Waals surface area contributed by atoms with Gasteiger partial charge in [-0.3, -0.25) is 14.5 Å². The van der Waals surface area contributed by atoms with E-state index in [1.54, 1.807) is 48.5 Å². The number of hydrogen-bond donors (Lipinski definition) is 4. The van der Waals surface area contributed by atoms with Gasteiger partial charge in [0.15, 0.2) is 11.6 Å². The minimum atomic E-state index is -4.17. The fourth-order valence-corrected chi connectivity index (χ4v) is 4.76. The number of para-hydroxylation sites is 2. The maximum atomic E-state index is 13.4. The number of aromatic hydroxyl groups is 1. The molecular weight excluding hydrogens is 520 g/mol. The Morgan fingerprint density at radius 2 is 1.56 bits per heavy atom. The zero-order valence-corrected chi connectivity index (χ0v) is 21.3. The van der Waals surface area contributed by atoms with Gasteiger partial charge in [0.2, 0.25) is 0 Å². The van der Waals surface area contributed by atoms with E-state index >= 15 is 0 Å². The number of benzene rings is 3. The van der Waals surface area contributed by atoms with Crippen LogP contribution < -0.4 is 20.1 Å². The smallest absolute Gasteiger partial charge is 0.263 e. The van der Waals surface area contributed by atoms with Gasteiger partial charge in [0.05, 0.1) is 23.0 Å². The Labute approximate surface area is 223 Å². The number of phenolic OH excluding ortho intramolecular Hbond substituents is 1. The van der Waals surface area contributed by atoms with E-state index in [2.05, 4.69) is 30.3 Å². The number of pyridine rings is 1. The van der Waals surface area contributed by atoms with E-state index in [0.29, 0.717) is 28.0 Å².